The Labute approximate surface area is 140 Å². The van der Waals surface area contributed by atoms with Crippen molar-refractivity contribution < 1.29 is 22.8 Å². The van der Waals surface area contributed by atoms with Gasteiger partial charge in [0.25, 0.3) is 0 Å². The Kier molecular flexibility index (Phi) is 5.66. The van der Waals surface area contributed by atoms with Gasteiger partial charge in [-0.2, -0.15) is 13.2 Å². The molecule has 2 amide bonds. The Hall–Kier alpha value is -2.29. The van der Waals surface area contributed by atoms with Gasteiger partial charge in [-0.1, -0.05) is 30.0 Å². The van der Waals surface area contributed by atoms with Crippen LogP contribution >= 0.6 is 11.8 Å². The Bertz CT molecular complexity index is 689. The van der Waals surface area contributed by atoms with Crippen molar-refractivity contribution >= 4 is 34.4 Å². The first-order valence-corrected chi connectivity index (χ1v) is 7.78. The molecule has 0 spiro atoms. The third kappa shape index (κ3) is 4.60. The van der Waals surface area contributed by atoms with Crippen LogP contribution in [0, 0.1) is 0 Å². The number of amidine groups is 1. The van der Waals surface area contributed by atoms with Crippen molar-refractivity contribution in [3.63, 3.8) is 0 Å². The molecule has 128 valence electrons. The second-order valence-electron chi connectivity index (χ2n) is 4.83. The van der Waals surface area contributed by atoms with E-state index < -0.39 is 28.8 Å². The molecule has 1 fully saturated rings. The number of hydrogen-bond donors (Lipinski definition) is 2. The first-order chi connectivity index (χ1) is 11.3. The zero-order valence-electron chi connectivity index (χ0n) is 12.4. The maximum Gasteiger partial charge on any atom is 0.418 e. The van der Waals surface area contributed by atoms with Crippen molar-refractivity contribution in [3.05, 3.63) is 42.5 Å². The minimum atomic E-state index is -4.58. The zero-order valence-corrected chi connectivity index (χ0v) is 13.2. The summed E-state index contributed by atoms with van der Waals surface area (Å²) in [6.07, 6.45) is -3.28. The maximum atomic E-state index is 12.9. The molecule has 2 N–H and O–H groups in total. The molecule has 9 heteroatoms. The highest BCUT2D eigenvalue weighted by atomic mass is 32.2. The molecule has 0 radical (unpaired) electrons. The summed E-state index contributed by atoms with van der Waals surface area (Å²) in [5.41, 5.74) is -1.27. The van der Waals surface area contributed by atoms with Gasteiger partial charge in [-0.15, -0.1) is 6.58 Å². The van der Waals surface area contributed by atoms with Crippen LogP contribution in [0.25, 0.3) is 0 Å². The number of nitrogens with one attached hydrogen (secondary N) is 2. The predicted molar refractivity (Wildman–Crippen MR) is 86.7 cm³/mol. The van der Waals surface area contributed by atoms with Gasteiger partial charge in [0.05, 0.1) is 17.8 Å². The summed E-state index contributed by atoms with van der Waals surface area (Å²) in [6.45, 7) is 3.82. The van der Waals surface area contributed by atoms with E-state index in [2.05, 4.69) is 22.2 Å². The molecule has 1 atom stereocenters. The molecule has 1 aliphatic rings. The Balaban J connectivity index is 2.02. The largest absolute Gasteiger partial charge is 0.418 e. The summed E-state index contributed by atoms with van der Waals surface area (Å²) < 4.78 is 38.7. The highest BCUT2D eigenvalue weighted by Crippen LogP contribution is 2.34. The molecule has 1 heterocycles. The van der Waals surface area contributed by atoms with Crippen LogP contribution in [0.3, 0.4) is 0 Å². The van der Waals surface area contributed by atoms with Gasteiger partial charge in [-0.25, -0.2) is 0 Å². The smallest absolute Gasteiger partial charge is 0.325 e. The molecular weight excluding hydrogens is 343 g/mol. The average Bonchev–Trinajstić information content (AvgIpc) is 2.84. The lowest BCUT2D eigenvalue weighted by Crippen LogP contribution is -2.28. The lowest BCUT2D eigenvalue weighted by molar-refractivity contribution is -0.137. The van der Waals surface area contributed by atoms with Crippen molar-refractivity contribution in [1.82, 2.24) is 5.32 Å². The van der Waals surface area contributed by atoms with Crippen LogP contribution in [0.2, 0.25) is 0 Å². The SMILES string of the molecule is C=CCN=C1NC(=O)[C@H](CC(=O)Nc2ccccc2C(F)(F)F)S1. The van der Waals surface area contributed by atoms with E-state index in [9.17, 15) is 22.8 Å². The van der Waals surface area contributed by atoms with Gasteiger partial charge in [0, 0.05) is 6.42 Å². The van der Waals surface area contributed by atoms with E-state index in [1.165, 1.54) is 18.2 Å². The van der Waals surface area contributed by atoms with Gasteiger partial charge in [-0.3, -0.25) is 14.6 Å². The summed E-state index contributed by atoms with van der Waals surface area (Å²) >= 11 is 1.07. The van der Waals surface area contributed by atoms with Gasteiger partial charge >= 0.3 is 6.18 Å². The van der Waals surface area contributed by atoms with E-state index in [-0.39, 0.29) is 12.1 Å². The van der Waals surface area contributed by atoms with Crippen LogP contribution in [-0.2, 0) is 15.8 Å². The average molecular weight is 357 g/mol. The lowest BCUT2D eigenvalue weighted by atomic mass is 10.1. The Morgan fingerprint density at radius 1 is 1.42 bits per heavy atom. The molecular formula is C15H14F3N3O2S. The molecule has 2 rings (SSSR count). The molecule has 5 nitrogen and oxygen atoms in total. The van der Waals surface area contributed by atoms with Gasteiger partial charge in [0.2, 0.25) is 11.8 Å². The Morgan fingerprint density at radius 2 is 2.12 bits per heavy atom. The number of carbonyl (C=O) groups excluding carboxylic acids is 2. The highest BCUT2D eigenvalue weighted by Gasteiger charge is 2.35. The van der Waals surface area contributed by atoms with Gasteiger partial charge in [-0.05, 0) is 12.1 Å². The number of amides is 2. The lowest BCUT2D eigenvalue weighted by Gasteiger charge is -2.14. The normalized spacial score (nSPS) is 19.2. The van der Waals surface area contributed by atoms with Crippen LogP contribution in [0.15, 0.2) is 41.9 Å². The molecule has 0 unspecified atom stereocenters. The summed E-state index contributed by atoms with van der Waals surface area (Å²) in [7, 11) is 0. The quantitative estimate of drug-likeness (QED) is 0.796. The first-order valence-electron chi connectivity index (χ1n) is 6.90. The van der Waals surface area contributed by atoms with Gasteiger partial charge in [0.15, 0.2) is 5.17 Å². The number of aliphatic imine (C=N–C) groups is 1. The number of hydrogen-bond acceptors (Lipinski definition) is 4. The monoisotopic (exact) mass is 357 g/mol. The van der Waals surface area contributed by atoms with E-state index in [4.69, 9.17) is 0 Å². The van der Waals surface area contributed by atoms with E-state index >= 15 is 0 Å². The summed E-state index contributed by atoms with van der Waals surface area (Å²) in [5, 5.41) is 4.36. The predicted octanol–water partition coefficient (Wildman–Crippen LogP) is 2.81. The Morgan fingerprint density at radius 3 is 2.79 bits per heavy atom. The highest BCUT2D eigenvalue weighted by molar-refractivity contribution is 8.15. The molecule has 0 bridgehead atoms. The van der Waals surface area contributed by atoms with Crippen molar-refractivity contribution in [2.45, 2.75) is 17.8 Å². The number of benzene rings is 1. The fourth-order valence-corrected chi connectivity index (χ4v) is 2.95. The number of rotatable bonds is 5. The molecule has 1 aliphatic heterocycles. The van der Waals surface area contributed by atoms with E-state index in [1.54, 1.807) is 6.08 Å². The van der Waals surface area contributed by atoms with E-state index in [0.717, 1.165) is 17.8 Å². The number of anilines is 1. The first kappa shape index (κ1) is 18.1. The van der Waals surface area contributed by atoms with E-state index in [0.29, 0.717) is 11.7 Å². The summed E-state index contributed by atoms with van der Waals surface area (Å²) in [5.74, 6) is -1.08. The molecule has 0 aliphatic carbocycles. The molecule has 0 aromatic heterocycles. The maximum absolute atomic E-state index is 12.9. The minimum Gasteiger partial charge on any atom is -0.325 e. The van der Waals surface area contributed by atoms with Crippen LogP contribution in [0.4, 0.5) is 18.9 Å². The number of thioether (sulfide) groups is 1. The summed E-state index contributed by atoms with van der Waals surface area (Å²) in [4.78, 5) is 27.8. The second kappa shape index (κ2) is 7.52. The van der Waals surface area contributed by atoms with Crippen molar-refractivity contribution in [1.29, 1.82) is 0 Å². The molecule has 1 aromatic carbocycles. The fraction of sp³-hybridized carbons (Fsp3) is 0.267. The van der Waals surface area contributed by atoms with Crippen LogP contribution in [0.5, 0.6) is 0 Å². The molecule has 24 heavy (non-hydrogen) atoms. The topological polar surface area (TPSA) is 70.6 Å². The van der Waals surface area contributed by atoms with Crippen LogP contribution < -0.4 is 10.6 Å². The summed E-state index contributed by atoms with van der Waals surface area (Å²) in [6, 6.07) is 4.68. The van der Waals surface area contributed by atoms with Gasteiger partial charge < -0.3 is 10.6 Å². The number of nitrogens with zero attached hydrogens (tertiary/aromatic N) is 1. The van der Waals surface area contributed by atoms with Gasteiger partial charge in [0.1, 0.15) is 5.25 Å². The number of para-hydroxylation sites is 1. The number of alkyl halides is 3. The number of carbonyl (C=O) groups is 2. The third-order valence-corrected chi connectivity index (χ3v) is 4.14. The zero-order chi connectivity index (χ0) is 17.7. The minimum absolute atomic E-state index is 0.254. The molecule has 1 aromatic rings. The third-order valence-electron chi connectivity index (χ3n) is 3.02. The van der Waals surface area contributed by atoms with Crippen LogP contribution in [0.1, 0.15) is 12.0 Å². The fourth-order valence-electron chi connectivity index (χ4n) is 1.97. The molecule has 1 saturated heterocycles. The van der Waals surface area contributed by atoms with Crippen molar-refractivity contribution in [2.24, 2.45) is 4.99 Å². The van der Waals surface area contributed by atoms with Crippen LogP contribution in [-0.4, -0.2) is 28.8 Å². The van der Waals surface area contributed by atoms with E-state index in [1.807, 2.05) is 0 Å². The van der Waals surface area contributed by atoms with Crippen molar-refractivity contribution in [2.75, 3.05) is 11.9 Å². The standard InChI is InChI=1S/C15H14F3N3O2S/c1-2-7-19-14-21-13(23)11(24-14)8-12(22)20-10-6-4-3-5-9(10)15(16,17)18/h2-6,11H,1,7-8H2,(H,20,22)(H,19,21,23)/t11-/m0/s1. The second-order valence-corrected chi connectivity index (χ2v) is 6.02. The molecule has 0 saturated carbocycles. The number of halogens is 3. The van der Waals surface area contributed by atoms with Crippen molar-refractivity contribution in [3.8, 4) is 0 Å².